The summed E-state index contributed by atoms with van der Waals surface area (Å²) in [7, 11) is -9.92. The lowest BCUT2D eigenvalue weighted by molar-refractivity contribution is -0.161. The number of rotatable bonds is 76. The van der Waals surface area contributed by atoms with Crippen LogP contribution in [-0.4, -0.2) is 96.7 Å². The monoisotopic (exact) mass is 1440 g/mol. The largest absolute Gasteiger partial charge is 0.472 e. The summed E-state index contributed by atoms with van der Waals surface area (Å²) < 4.78 is 68.6. The molecule has 0 rings (SSSR count). The molecule has 17 nitrogen and oxygen atoms in total. The molecule has 0 bridgehead atoms. The van der Waals surface area contributed by atoms with E-state index in [9.17, 15) is 43.2 Å². The Hall–Kier alpha value is -1.94. The van der Waals surface area contributed by atoms with Gasteiger partial charge in [-0.05, 0) is 49.4 Å². The number of hydrogen-bond acceptors (Lipinski definition) is 15. The Labute approximate surface area is 600 Å². The summed E-state index contributed by atoms with van der Waals surface area (Å²) in [5.74, 6) is 0.919. The van der Waals surface area contributed by atoms with Gasteiger partial charge >= 0.3 is 39.5 Å². The summed E-state index contributed by atoms with van der Waals surface area (Å²) in [4.78, 5) is 72.9. The van der Waals surface area contributed by atoms with Crippen molar-refractivity contribution in [1.29, 1.82) is 0 Å². The van der Waals surface area contributed by atoms with Crippen molar-refractivity contribution in [3.63, 3.8) is 0 Å². The van der Waals surface area contributed by atoms with Crippen LogP contribution in [0.4, 0.5) is 0 Å². The van der Waals surface area contributed by atoms with Gasteiger partial charge in [0.15, 0.2) is 12.2 Å². The zero-order valence-electron chi connectivity index (χ0n) is 64.4. The summed E-state index contributed by atoms with van der Waals surface area (Å²) in [5, 5.41) is 10.6. The van der Waals surface area contributed by atoms with Gasteiger partial charge in [0.05, 0.1) is 26.4 Å². The molecule has 19 heteroatoms. The Balaban J connectivity index is 5.18. The first-order valence-corrected chi connectivity index (χ1v) is 43.7. The fourth-order valence-corrected chi connectivity index (χ4v) is 13.7. The van der Waals surface area contributed by atoms with E-state index >= 15 is 0 Å². The van der Waals surface area contributed by atoms with Gasteiger partial charge in [-0.15, -0.1) is 0 Å². The van der Waals surface area contributed by atoms with Crippen LogP contribution >= 0.6 is 15.6 Å². The quantitative estimate of drug-likeness (QED) is 0.0222. The molecular weight excluding hydrogens is 1280 g/mol. The number of hydrogen-bond donors (Lipinski definition) is 3. The number of unbranched alkanes of at least 4 members (excludes halogenated alkanes) is 42. The third kappa shape index (κ3) is 72.4. The summed E-state index contributed by atoms with van der Waals surface area (Å²) >= 11 is 0. The van der Waals surface area contributed by atoms with E-state index in [1.54, 1.807) is 0 Å². The predicted molar refractivity (Wildman–Crippen MR) is 400 cm³/mol. The molecule has 0 saturated carbocycles. The van der Waals surface area contributed by atoms with Crippen LogP contribution in [-0.2, 0) is 65.4 Å². The molecule has 0 fully saturated rings. The van der Waals surface area contributed by atoms with Crippen LogP contribution < -0.4 is 0 Å². The maximum Gasteiger partial charge on any atom is 0.472 e. The molecule has 0 aromatic heterocycles. The Morgan fingerprint density at radius 1 is 0.255 bits per heavy atom. The zero-order chi connectivity index (χ0) is 72.4. The van der Waals surface area contributed by atoms with E-state index in [0.717, 1.165) is 114 Å². The minimum atomic E-state index is -4.96. The van der Waals surface area contributed by atoms with Gasteiger partial charge < -0.3 is 33.8 Å². The molecule has 0 aromatic rings. The van der Waals surface area contributed by atoms with Gasteiger partial charge in [-0.25, -0.2) is 9.13 Å². The number of esters is 4. The number of aliphatic hydroxyl groups excluding tert-OH is 1. The van der Waals surface area contributed by atoms with Crippen molar-refractivity contribution < 1.29 is 80.2 Å². The zero-order valence-corrected chi connectivity index (χ0v) is 66.2. The van der Waals surface area contributed by atoms with Crippen molar-refractivity contribution in [2.24, 2.45) is 23.7 Å². The lowest BCUT2D eigenvalue weighted by Crippen LogP contribution is -2.30. The number of phosphoric acid groups is 2. The van der Waals surface area contributed by atoms with E-state index in [4.69, 9.17) is 37.0 Å². The maximum atomic E-state index is 13.1. The van der Waals surface area contributed by atoms with Gasteiger partial charge in [0.2, 0.25) is 0 Å². The molecule has 98 heavy (non-hydrogen) atoms. The second-order valence-corrected chi connectivity index (χ2v) is 33.3. The summed E-state index contributed by atoms with van der Waals surface area (Å²) in [5.41, 5.74) is 0. The first-order valence-electron chi connectivity index (χ1n) is 40.7. The molecule has 3 unspecified atom stereocenters. The minimum Gasteiger partial charge on any atom is -0.462 e. The van der Waals surface area contributed by atoms with Crippen LogP contribution in [0.2, 0.25) is 0 Å². The topological polar surface area (TPSA) is 237 Å². The van der Waals surface area contributed by atoms with Crippen molar-refractivity contribution in [3.05, 3.63) is 0 Å². The molecule has 582 valence electrons. The molecule has 0 radical (unpaired) electrons. The summed E-state index contributed by atoms with van der Waals surface area (Å²) in [6, 6.07) is 0. The third-order valence-electron chi connectivity index (χ3n) is 18.3. The minimum absolute atomic E-state index is 0.105. The van der Waals surface area contributed by atoms with Crippen molar-refractivity contribution >= 4 is 39.5 Å². The number of ether oxygens (including phenoxy) is 4. The van der Waals surface area contributed by atoms with E-state index in [1.165, 1.54) is 199 Å². The average Bonchev–Trinajstić information content (AvgIpc) is 1.05. The number of phosphoric ester groups is 2. The molecule has 5 atom stereocenters. The summed E-state index contributed by atoms with van der Waals surface area (Å²) in [6.07, 6.45) is 54.3. The second-order valence-electron chi connectivity index (χ2n) is 30.4. The number of carbonyl (C=O) groups is 4. The van der Waals surface area contributed by atoms with Crippen LogP contribution in [0.3, 0.4) is 0 Å². The number of carbonyl (C=O) groups excluding carboxylic acids is 4. The Bertz CT molecular complexity index is 1920. The molecule has 0 aliphatic rings. The van der Waals surface area contributed by atoms with E-state index in [2.05, 4.69) is 55.4 Å². The highest BCUT2D eigenvalue weighted by Gasteiger charge is 2.30. The van der Waals surface area contributed by atoms with Crippen molar-refractivity contribution in [1.82, 2.24) is 0 Å². The highest BCUT2D eigenvalue weighted by Crippen LogP contribution is 2.45. The standard InChI is InChI=1S/C79H154O17P2/c1-69(2)55-47-39-31-24-20-16-12-9-10-14-18-22-26-35-43-51-59-76(81)89-65-74(96-79(84)62-54-46-37-29-28-33-41-49-57-71(5)6)67-93-97(85,86)91-63-73(80)64-92-98(87,88)94-68-75(66-90-77(82)60-52-44-38-30-34-42-50-58-72(7)8)95-78(83)61-53-45-36-27-23-19-15-11-13-17-21-25-32-40-48-56-70(3)4/h69-75,80H,9-68H2,1-8H3,(H,85,86)(H,87,88)/t73?,74-,75-/m1/s1. The highest BCUT2D eigenvalue weighted by molar-refractivity contribution is 7.47. The number of aliphatic hydroxyl groups is 1. The van der Waals surface area contributed by atoms with Gasteiger partial charge in [-0.3, -0.25) is 37.3 Å². The lowest BCUT2D eigenvalue weighted by atomic mass is 10.0. The molecule has 0 spiro atoms. The van der Waals surface area contributed by atoms with Gasteiger partial charge in [0.25, 0.3) is 0 Å². The second kappa shape index (κ2) is 68.2. The van der Waals surface area contributed by atoms with Crippen molar-refractivity contribution in [2.75, 3.05) is 39.6 Å². The molecule has 0 aliphatic heterocycles. The maximum absolute atomic E-state index is 13.1. The van der Waals surface area contributed by atoms with E-state index < -0.39 is 97.5 Å². The third-order valence-corrected chi connectivity index (χ3v) is 20.2. The van der Waals surface area contributed by atoms with Crippen molar-refractivity contribution in [2.45, 2.75) is 420 Å². The Kier molecular flexibility index (Phi) is 66.8. The van der Waals surface area contributed by atoms with Crippen LogP contribution in [0.5, 0.6) is 0 Å². The molecule has 0 heterocycles. The Morgan fingerprint density at radius 3 is 0.633 bits per heavy atom. The van der Waals surface area contributed by atoms with Gasteiger partial charge in [-0.1, -0.05) is 351 Å². The molecule has 0 aromatic carbocycles. The Morgan fingerprint density at radius 2 is 0.429 bits per heavy atom. The first kappa shape index (κ1) is 96.1. The smallest absolute Gasteiger partial charge is 0.462 e. The highest BCUT2D eigenvalue weighted by atomic mass is 31.2. The summed E-state index contributed by atoms with van der Waals surface area (Å²) in [6.45, 7) is 14.2. The molecule has 0 amide bonds. The van der Waals surface area contributed by atoms with E-state index in [1.807, 2.05) is 0 Å². The van der Waals surface area contributed by atoms with Gasteiger partial charge in [0.1, 0.15) is 19.3 Å². The molecular formula is C79H154O17P2. The fraction of sp³-hybridized carbons (Fsp3) is 0.949. The van der Waals surface area contributed by atoms with Crippen LogP contribution in [0, 0.1) is 23.7 Å². The lowest BCUT2D eigenvalue weighted by Gasteiger charge is -2.21. The van der Waals surface area contributed by atoms with E-state index in [0.29, 0.717) is 31.6 Å². The molecule has 0 aliphatic carbocycles. The van der Waals surface area contributed by atoms with Crippen LogP contribution in [0.15, 0.2) is 0 Å². The fourth-order valence-electron chi connectivity index (χ4n) is 12.1. The van der Waals surface area contributed by atoms with Crippen molar-refractivity contribution in [3.8, 4) is 0 Å². The van der Waals surface area contributed by atoms with Crippen LogP contribution in [0.1, 0.15) is 402 Å². The van der Waals surface area contributed by atoms with E-state index in [-0.39, 0.29) is 25.7 Å². The first-order chi connectivity index (χ1) is 47.1. The molecule has 0 saturated heterocycles. The SMILES string of the molecule is CC(C)CCCCCCCCCCCCCCCCCCC(=O)OC[C@H](COP(=O)(O)OCC(O)COP(=O)(O)OC[C@@H](COC(=O)CCCCCCCCCC(C)C)OC(=O)CCCCCCCCCCCCCCCCCC(C)C)OC(=O)CCCCCCCCCCC(C)C. The normalized spacial score (nSPS) is 14.1. The van der Waals surface area contributed by atoms with Gasteiger partial charge in [-0.2, -0.15) is 0 Å². The van der Waals surface area contributed by atoms with Gasteiger partial charge in [0, 0.05) is 25.7 Å². The predicted octanol–water partition coefficient (Wildman–Crippen LogP) is 23.2. The average molecular weight is 1440 g/mol. The molecule has 3 N–H and O–H groups in total. The van der Waals surface area contributed by atoms with Crippen LogP contribution in [0.25, 0.3) is 0 Å².